The van der Waals surface area contributed by atoms with E-state index < -0.39 is 0 Å². The van der Waals surface area contributed by atoms with Gasteiger partial charge in [-0.3, -0.25) is 0 Å². The van der Waals surface area contributed by atoms with Gasteiger partial charge in [-0.05, 0) is 31.6 Å². The monoisotopic (exact) mass is 313 g/mol. The molecule has 0 fully saturated rings. The van der Waals surface area contributed by atoms with E-state index in [1.54, 1.807) is 0 Å². The lowest BCUT2D eigenvalue weighted by atomic mass is 9.73. The molecular weight excluding hydrogens is 270 g/mol. The maximum Gasteiger partial charge on any atom is 0.0434 e. The highest BCUT2D eigenvalue weighted by Crippen LogP contribution is 2.33. The third kappa shape index (κ3) is 9.84. The number of aliphatic hydroxyl groups excluding tert-OH is 1. The van der Waals surface area contributed by atoms with Gasteiger partial charge < -0.3 is 10.8 Å². The summed E-state index contributed by atoms with van der Waals surface area (Å²) < 4.78 is 0. The van der Waals surface area contributed by atoms with Gasteiger partial charge in [-0.15, -0.1) is 0 Å². The Morgan fingerprint density at radius 3 is 1.73 bits per heavy atom. The van der Waals surface area contributed by atoms with Gasteiger partial charge in [-0.1, -0.05) is 85.0 Å². The van der Waals surface area contributed by atoms with Crippen molar-refractivity contribution >= 4 is 0 Å². The molecule has 2 nitrogen and oxygen atoms in total. The molecule has 0 bridgehead atoms. The van der Waals surface area contributed by atoms with E-state index in [0.717, 1.165) is 19.3 Å². The van der Waals surface area contributed by atoms with E-state index in [1.807, 2.05) is 0 Å². The molecule has 2 heteroatoms. The van der Waals surface area contributed by atoms with E-state index in [0.29, 0.717) is 5.92 Å². The van der Waals surface area contributed by atoms with Gasteiger partial charge in [-0.2, -0.15) is 0 Å². The van der Waals surface area contributed by atoms with E-state index in [1.165, 1.54) is 70.6 Å². The molecule has 0 heterocycles. The second-order valence-corrected chi connectivity index (χ2v) is 7.21. The minimum absolute atomic E-state index is 0.0435. The molecule has 0 aromatic heterocycles. The first-order valence-electron chi connectivity index (χ1n) is 10.0. The van der Waals surface area contributed by atoms with Crippen molar-refractivity contribution in [2.75, 3.05) is 6.61 Å². The summed E-state index contributed by atoms with van der Waals surface area (Å²) in [7, 11) is 0. The summed E-state index contributed by atoms with van der Waals surface area (Å²) in [5.41, 5.74) is 6.81. The molecule has 0 aliphatic carbocycles. The van der Waals surface area contributed by atoms with Crippen molar-refractivity contribution < 1.29 is 5.11 Å². The van der Waals surface area contributed by atoms with Crippen molar-refractivity contribution in [3.05, 3.63) is 0 Å². The van der Waals surface area contributed by atoms with Crippen LogP contribution in [0.25, 0.3) is 0 Å². The van der Waals surface area contributed by atoms with Crippen LogP contribution in [0.1, 0.15) is 111 Å². The molecular formula is C20H43NO. The number of hydrogen-bond acceptors (Lipinski definition) is 2. The van der Waals surface area contributed by atoms with Gasteiger partial charge in [0.05, 0.1) is 0 Å². The van der Waals surface area contributed by atoms with E-state index in [2.05, 4.69) is 20.8 Å². The van der Waals surface area contributed by atoms with E-state index in [4.69, 9.17) is 5.73 Å². The molecule has 0 saturated carbocycles. The van der Waals surface area contributed by atoms with Gasteiger partial charge in [0.2, 0.25) is 0 Å². The van der Waals surface area contributed by atoms with Gasteiger partial charge in [-0.25, -0.2) is 0 Å². The van der Waals surface area contributed by atoms with E-state index in [-0.39, 0.29) is 12.1 Å². The fraction of sp³-hybridized carbons (Fsp3) is 1.00. The smallest absolute Gasteiger partial charge is 0.0434 e. The molecule has 0 amide bonds. The number of rotatable bonds is 16. The Labute approximate surface area is 140 Å². The second-order valence-electron chi connectivity index (χ2n) is 7.21. The zero-order chi connectivity index (χ0) is 16.7. The van der Waals surface area contributed by atoms with Crippen LogP contribution in [0.15, 0.2) is 0 Å². The normalized spacial score (nSPS) is 13.5. The van der Waals surface area contributed by atoms with Crippen molar-refractivity contribution in [1.29, 1.82) is 0 Å². The van der Waals surface area contributed by atoms with Crippen LogP contribution < -0.4 is 5.73 Å². The quantitative estimate of drug-likeness (QED) is 0.353. The summed E-state index contributed by atoms with van der Waals surface area (Å²) in [5, 5.41) is 9.47. The average molecular weight is 314 g/mol. The maximum atomic E-state index is 9.47. The van der Waals surface area contributed by atoms with Gasteiger partial charge >= 0.3 is 0 Å². The van der Waals surface area contributed by atoms with Crippen LogP contribution in [-0.2, 0) is 0 Å². The van der Waals surface area contributed by atoms with Crippen molar-refractivity contribution in [3.63, 3.8) is 0 Å². The molecule has 0 radical (unpaired) electrons. The van der Waals surface area contributed by atoms with Crippen LogP contribution in [0.4, 0.5) is 0 Å². The van der Waals surface area contributed by atoms with E-state index in [9.17, 15) is 5.11 Å². The summed E-state index contributed by atoms with van der Waals surface area (Å²) in [6.45, 7) is 7.04. The fourth-order valence-corrected chi connectivity index (χ4v) is 3.59. The molecule has 134 valence electrons. The lowest BCUT2D eigenvalue weighted by Crippen LogP contribution is -2.47. The lowest BCUT2D eigenvalue weighted by Gasteiger charge is -2.38. The van der Waals surface area contributed by atoms with Gasteiger partial charge in [0.25, 0.3) is 0 Å². The van der Waals surface area contributed by atoms with Gasteiger partial charge in [0.15, 0.2) is 0 Å². The summed E-state index contributed by atoms with van der Waals surface area (Å²) in [6, 6.07) is 0. The molecule has 0 aromatic rings. The van der Waals surface area contributed by atoms with Crippen LogP contribution in [0.3, 0.4) is 0 Å². The van der Waals surface area contributed by atoms with Crippen LogP contribution in [0, 0.1) is 5.92 Å². The Morgan fingerprint density at radius 1 is 0.727 bits per heavy atom. The molecule has 0 aliphatic heterocycles. The Balaban J connectivity index is 4.40. The van der Waals surface area contributed by atoms with Crippen LogP contribution in [0.5, 0.6) is 0 Å². The number of aliphatic hydroxyl groups is 1. The third-order valence-electron chi connectivity index (χ3n) is 5.19. The SMILES string of the molecule is CCCCCCCCC(CCO)C(N)(CCCC)CCCC. The highest BCUT2D eigenvalue weighted by atomic mass is 16.3. The minimum Gasteiger partial charge on any atom is -0.396 e. The molecule has 0 spiro atoms. The van der Waals surface area contributed by atoms with E-state index >= 15 is 0 Å². The van der Waals surface area contributed by atoms with Crippen LogP contribution in [0.2, 0.25) is 0 Å². The highest BCUT2D eigenvalue weighted by molar-refractivity contribution is 4.91. The topological polar surface area (TPSA) is 46.2 Å². The van der Waals surface area contributed by atoms with Crippen molar-refractivity contribution in [2.45, 2.75) is 116 Å². The maximum absolute atomic E-state index is 9.47. The summed E-state index contributed by atoms with van der Waals surface area (Å²) in [5.74, 6) is 0.502. The first-order chi connectivity index (χ1) is 10.6. The first-order valence-corrected chi connectivity index (χ1v) is 10.0. The summed E-state index contributed by atoms with van der Waals surface area (Å²) >= 11 is 0. The molecule has 3 N–H and O–H groups in total. The number of nitrogens with two attached hydrogens (primary N) is 1. The van der Waals surface area contributed by atoms with Gasteiger partial charge in [0.1, 0.15) is 0 Å². The Hall–Kier alpha value is -0.0800. The predicted octanol–water partition coefficient (Wildman–Crippen LogP) is 5.81. The zero-order valence-corrected chi connectivity index (χ0v) is 15.7. The number of unbranched alkanes of at least 4 members (excludes halogenated alkanes) is 7. The Morgan fingerprint density at radius 2 is 1.23 bits per heavy atom. The molecule has 1 atom stereocenters. The van der Waals surface area contributed by atoms with Crippen molar-refractivity contribution in [2.24, 2.45) is 11.7 Å². The molecule has 1 unspecified atom stereocenters. The molecule has 0 aromatic carbocycles. The average Bonchev–Trinajstić information content (AvgIpc) is 2.53. The van der Waals surface area contributed by atoms with Crippen molar-refractivity contribution in [3.8, 4) is 0 Å². The standard InChI is InChI=1S/C20H43NO/c1-4-7-10-11-12-13-14-19(15-18-22)20(21,16-8-5-2)17-9-6-3/h19,22H,4-18,21H2,1-3H3. The minimum atomic E-state index is -0.0435. The van der Waals surface area contributed by atoms with Crippen molar-refractivity contribution in [1.82, 2.24) is 0 Å². The predicted molar refractivity (Wildman–Crippen MR) is 99.2 cm³/mol. The lowest BCUT2D eigenvalue weighted by molar-refractivity contribution is 0.159. The largest absolute Gasteiger partial charge is 0.396 e. The zero-order valence-electron chi connectivity index (χ0n) is 15.7. The summed E-state index contributed by atoms with van der Waals surface area (Å²) in [4.78, 5) is 0. The molecule has 0 aliphatic rings. The third-order valence-corrected chi connectivity index (χ3v) is 5.19. The highest BCUT2D eigenvalue weighted by Gasteiger charge is 2.32. The molecule has 22 heavy (non-hydrogen) atoms. The summed E-state index contributed by atoms with van der Waals surface area (Å²) in [6.07, 6.45) is 17.3. The van der Waals surface area contributed by atoms with Crippen LogP contribution in [-0.4, -0.2) is 17.3 Å². The number of hydrogen-bond donors (Lipinski definition) is 2. The Bertz CT molecular complexity index is 222. The fourth-order valence-electron chi connectivity index (χ4n) is 3.59. The molecule has 0 saturated heterocycles. The Kier molecular flexibility index (Phi) is 14.5. The van der Waals surface area contributed by atoms with Crippen LogP contribution >= 0.6 is 0 Å². The van der Waals surface area contributed by atoms with Gasteiger partial charge in [0, 0.05) is 12.1 Å². The second kappa shape index (κ2) is 14.5. The first kappa shape index (κ1) is 21.9. The molecule has 0 rings (SSSR count).